The maximum absolute atomic E-state index is 9.89. The van der Waals surface area contributed by atoms with Gasteiger partial charge in [-0.15, -0.1) is 0 Å². The van der Waals surface area contributed by atoms with Crippen molar-refractivity contribution in [2.24, 2.45) is 11.7 Å². The molecule has 94 valence electrons. The quantitative estimate of drug-likeness (QED) is 0.839. The first-order valence-corrected chi connectivity index (χ1v) is 6.27. The minimum atomic E-state index is -0.317. The van der Waals surface area contributed by atoms with Crippen LogP contribution >= 0.6 is 11.6 Å². The predicted octanol–water partition coefficient (Wildman–Crippen LogP) is 1.40. The lowest BCUT2D eigenvalue weighted by molar-refractivity contribution is 0.102. The molecule has 1 aliphatic rings. The number of aliphatic hydroxyl groups excluding tert-OH is 1. The van der Waals surface area contributed by atoms with Gasteiger partial charge in [0.1, 0.15) is 5.82 Å². The Hall–Kier alpha value is -0.840. The Morgan fingerprint density at radius 1 is 1.65 bits per heavy atom. The van der Waals surface area contributed by atoms with Crippen molar-refractivity contribution in [2.45, 2.75) is 26.0 Å². The minimum absolute atomic E-state index is 0.317. The van der Waals surface area contributed by atoms with Crippen molar-refractivity contribution < 1.29 is 5.11 Å². The molecular weight excluding hydrogens is 238 g/mol. The van der Waals surface area contributed by atoms with Crippen molar-refractivity contribution >= 4 is 17.4 Å². The predicted molar refractivity (Wildman–Crippen MR) is 69.1 cm³/mol. The van der Waals surface area contributed by atoms with Crippen molar-refractivity contribution in [2.75, 3.05) is 18.0 Å². The van der Waals surface area contributed by atoms with E-state index in [-0.39, 0.29) is 6.10 Å². The van der Waals surface area contributed by atoms with Crippen molar-refractivity contribution in [1.29, 1.82) is 0 Å². The van der Waals surface area contributed by atoms with Crippen molar-refractivity contribution in [3.63, 3.8) is 0 Å². The molecule has 17 heavy (non-hydrogen) atoms. The molecule has 0 radical (unpaired) electrons. The molecule has 0 saturated carbocycles. The van der Waals surface area contributed by atoms with Crippen LogP contribution in [0.1, 0.15) is 18.9 Å². The smallest absolute Gasteiger partial charge is 0.147 e. The molecule has 1 aromatic heterocycles. The normalized spacial score (nSPS) is 25.1. The highest BCUT2D eigenvalue weighted by atomic mass is 35.5. The van der Waals surface area contributed by atoms with Crippen molar-refractivity contribution in [3.8, 4) is 0 Å². The van der Waals surface area contributed by atoms with Crippen LogP contribution in [-0.4, -0.2) is 29.3 Å². The molecular formula is C12H18ClN3O. The van der Waals surface area contributed by atoms with E-state index in [1.807, 2.05) is 11.0 Å². The van der Waals surface area contributed by atoms with Crippen LogP contribution in [0, 0.1) is 5.92 Å². The Bertz CT molecular complexity index is 399. The Balaban J connectivity index is 2.23. The molecule has 0 aliphatic carbocycles. The average molecular weight is 256 g/mol. The fourth-order valence-corrected chi connectivity index (χ4v) is 2.40. The second kappa shape index (κ2) is 5.21. The van der Waals surface area contributed by atoms with Crippen LogP contribution in [-0.2, 0) is 6.54 Å². The summed E-state index contributed by atoms with van der Waals surface area (Å²) in [5, 5.41) is 10.5. The van der Waals surface area contributed by atoms with Gasteiger partial charge in [0.15, 0.2) is 0 Å². The number of β-amino-alcohol motifs (C(OH)–C–C–N with tert-alkyl or cyclic N) is 1. The molecule has 2 atom stereocenters. The summed E-state index contributed by atoms with van der Waals surface area (Å²) in [7, 11) is 0. The molecule has 0 bridgehead atoms. The maximum atomic E-state index is 9.89. The van der Waals surface area contributed by atoms with Crippen LogP contribution in [0.3, 0.4) is 0 Å². The Morgan fingerprint density at radius 2 is 2.41 bits per heavy atom. The van der Waals surface area contributed by atoms with Gasteiger partial charge < -0.3 is 15.7 Å². The summed E-state index contributed by atoms with van der Waals surface area (Å²) in [6.45, 7) is 3.93. The first kappa shape index (κ1) is 12.6. The zero-order valence-corrected chi connectivity index (χ0v) is 10.7. The van der Waals surface area contributed by atoms with Crippen LogP contribution in [0.4, 0.5) is 5.82 Å². The summed E-state index contributed by atoms with van der Waals surface area (Å²) in [4.78, 5) is 6.33. The van der Waals surface area contributed by atoms with Crippen LogP contribution in [0.25, 0.3) is 0 Å². The number of nitrogens with two attached hydrogens (primary N) is 1. The molecule has 4 nitrogen and oxygen atoms in total. The van der Waals surface area contributed by atoms with Crippen molar-refractivity contribution in [1.82, 2.24) is 4.98 Å². The van der Waals surface area contributed by atoms with Gasteiger partial charge in [-0.25, -0.2) is 4.98 Å². The van der Waals surface area contributed by atoms with Gasteiger partial charge >= 0.3 is 0 Å². The third-order valence-electron chi connectivity index (χ3n) is 3.39. The summed E-state index contributed by atoms with van der Waals surface area (Å²) in [5.41, 5.74) is 6.51. The highest BCUT2D eigenvalue weighted by Gasteiger charge is 2.26. The third kappa shape index (κ3) is 2.54. The van der Waals surface area contributed by atoms with Crippen LogP contribution in [0.15, 0.2) is 12.3 Å². The van der Waals surface area contributed by atoms with Crippen LogP contribution in [0.2, 0.25) is 5.02 Å². The van der Waals surface area contributed by atoms with Crippen molar-refractivity contribution in [3.05, 3.63) is 22.8 Å². The van der Waals surface area contributed by atoms with Gasteiger partial charge in [0, 0.05) is 25.8 Å². The van der Waals surface area contributed by atoms with E-state index < -0.39 is 0 Å². The number of piperidine rings is 1. The number of anilines is 1. The fourth-order valence-electron chi connectivity index (χ4n) is 2.09. The van der Waals surface area contributed by atoms with Gasteiger partial charge in [0.25, 0.3) is 0 Å². The molecule has 2 heterocycles. The molecule has 3 N–H and O–H groups in total. The molecule has 1 saturated heterocycles. The van der Waals surface area contributed by atoms with Gasteiger partial charge in [0.2, 0.25) is 0 Å². The molecule has 1 aliphatic heterocycles. The second-order valence-electron chi connectivity index (χ2n) is 4.59. The van der Waals surface area contributed by atoms with Gasteiger partial charge in [-0.1, -0.05) is 18.5 Å². The monoisotopic (exact) mass is 255 g/mol. The molecule has 0 aromatic carbocycles. The van der Waals surface area contributed by atoms with Gasteiger partial charge in [-0.3, -0.25) is 0 Å². The summed E-state index contributed by atoms with van der Waals surface area (Å²) in [6.07, 6.45) is 2.35. The third-order valence-corrected chi connectivity index (χ3v) is 3.80. The lowest BCUT2D eigenvalue weighted by atomic mass is 9.96. The molecule has 2 unspecified atom stereocenters. The van der Waals surface area contributed by atoms with E-state index in [2.05, 4.69) is 11.9 Å². The first-order valence-electron chi connectivity index (χ1n) is 5.90. The Labute approximate surface area is 106 Å². The van der Waals surface area contributed by atoms with E-state index in [4.69, 9.17) is 17.3 Å². The lowest BCUT2D eigenvalue weighted by Crippen LogP contribution is -2.43. The van der Waals surface area contributed by atoms with E-state index in [9.17, 15) is 5.11 Å². The molecule has 5 heteroatoms. The lowest BCUT2D eigenvalue weighted by Gasteiger charge is -2.35. The Morgan fingerprint density at radius 3 is 3.06 bits per heavy atom. The largest absolute Gasteiger partial charge is 0.391 e. The molecule has 0 spiro atoms. The number of halogens is 1. The van der Waals surface area contributed by atoms with Crippen LogP contribution in [0.5, 0.6) is 0 Å². The number of aromatic nitrogens is 1. The number of hydrogen-bond acceptors (Lipinski definition) is 4. The van der Waals surface area contributed by atoms with E-state index >= 15 is 0 Å². The number of aliphatic hydroxyl groups is 1. The zero-order valence-electron chi connectivity index (χ0n) is 9.93. The number of nitrogens with zero attached hydrogens (tertiary/aromatic N) is 2. The summed E-state index contributed by atoms with van der Waals surface area (Å²) in [6, 6.07) is 1.83. The summed E-state index contributed by atoms with van der Waals surface area (Å²) >= 11 is 6.26. The standard InChI is InChI=1S/C12H18ClN3O/c1-8-3-5-16(7-10(8)17)12-11(13)9(6-14)2-4-15-12/h2,4,8,10,17H,3,5-7,14H2,1H3. The maximum Gasteiger partial charge on any atom is 0.147 e. The molecule has 1 fully saturated rings. The zero-order chi connectivity index (χ0) is 12.4. The highest BCUT2D eigenvalue weighted by molar-refractivity contribution is 6.33. The number of pyridine rings is 1. The highest BCUT2D eigenvalue weighted by Crippen LogP contribution is 2.29. The SMILES string of the molecule is CC1CCN(c2nccc(CN)c2Cl)CC1O. The topological polar surface area (TPSA) is 62.4 Å². The minimum Gasteiger partial charge on any atom is -0.391 e. The summed E-state index contributed by atoms with van der Waals surface area (Å²) < 4.78 is 0. The van der Waals surface area contributed by atoms with Gasteiger partial charge in [-0.2, -0.15) is 0 Å². The van der Waals surface area contributed by atoms with Gasteiger partial charge in [0.05, 0.1) is 11.1 Å². The van der Waals surface area contributed by atoms with E-state index in [1.165, 1.54) is 0 Å². The van der Waals surface area contributed by atoms with Crippen LogP contribution < -0.4 is 10.6 Å². The second-order valence-corrected chi connectivity index (χ2v) is 4.97. The summed E-state index contributed by atoms with van der Waals surface area (Å²) in [5.74, 6) is 1.07. The van der Waals surface area contributed by atoms with E-state index in [0.29, 0.717) is 24.0 Å². The van der Waals surface area contributed by atoms with E-state index in [0.717, 1.165) is 24.3 Å². The number of rotatable bonds is 2. The molecule has 0 amide bonds. The first-order chi connectivity index (χ1) is 8.13. The number of hydrogen-bond donors (Lipinski definition) is 2. The average Bonchev–Trinajstić information content (AvgIpc) is 2.33. The fraction of sp³-hybridized carbons (Fsp3) is 0.583. The molecule has 1 aromatic rings. The van der Waals surface area contributed by atoms with Gasteiger partial charge in [-0.05, 0) is 24.0 Å². The van der Waals surface area contributed by atoms with E-state index in [1.54, 1.807) is 6.20 Å². The Kier molecular flexibility index (Phi) is 3.86. The molecule has 2 rings (SSSR count).